The van der Waals surface area contributed by atoms with Crippen molar-refractivity contribution < 1.29 is 9.53 Å². The first-order valence-electron chi connectivity index (χ1n) is 5.34. The van der Waals surface area contributed by atoms with Gasteiger partial charge in [0, 0.05) is 10.6 Å². The van der Waals surface area contributed by atoms with Gasteiger partial charge in [-0.2, -0.15) is 0 Å². The number of rotatable bonds is 4. The molecular weight excluding hydrogens is 415 g/mol. The number of halogens is 3. The molecule has 0 bridgehead atoms. The van der Waals surface area contributed by atoms with E-state index in [1.54, 1.807) is 18.2 Å². The summed E-state index contributed by atoms with van der Waals surface area (Å²) in [5, 5.41) is 0.684. The van der Waals surface area contributed by atoms with Crippen LogP contribution in [0.15, 0.2) is 31.8 Å². The number of hydrogen-bond acceptors (Lipinski definition) is 3. The first-order chi connectivity index (χ1) is 8.97. The topological polar surface area (TPSA) is 26.3 Å². The molecule has 1 aromatic heterocycles. The summed E-state index contributed by atoms with van der Waals surface area (Å²) in [6, 6.07) is 7.11. The van der Waals surface area contributed by atoms with Crippen LogP contribution in [-0.2, 0) is 0 Å². The Morgan fingerprint density at radius 1 is 1.37 bits per heavy atom. The molecule has 2 aromatic rings. The zero-order valence-electron chi connectivity index (χ0n) is 9.88. The van der Waals surface area contributed by atoms with Crippen LogP contribution in [0.1, 0.15) is 15.9 Å². The zero-order chi connectivity index (χ0) is 14.0. The molecule has 100 valence electrons. The highest BCUT2D eigenvalue weighted by atomic mass is 79.9. The monoisotopic (exact) mass is 422 g/mol. The Balaban J connectivity index is 2.04. The molecule has 19 heavy (non-hydrogen) atoms. The second-order valence-electron chi connectivity index (χ2n) is 3.86. The van der Waals surface area contributed by atoms with Crippen LogP contribution >= 0.6 is 54.8 Å². The Labute approximate surface area is 137 Å². The quantitative estimate of drug-likeness (QED) is 0.606. The van der Waals surface area contributed by atoms with Gasteiger partial charge in [0.1, 0.15) is 5.75 Å². The third-order valence-electron chi connectivity index (χ3n) is 2.46. The van der Waals surface area contributed by atoms with E-state index in [2.05, 4.69) is 31.9 Å². The van der Waals surface area contributed by atoms with Crippen LogP contribution in [0.3, 0.4) is 0 Å². The summed E-state index contributed by atoms with van der Waals surface area (Å²) in [5.41, 5.74) is 1.55. The molecule has 0 aliphatic rings. The molecule has 0 fully saturated rings. The largest absolute Gasteiger partial charge is 0.485 e. The lowest BCUT2D eigenvalue weighted by Crippen LogP contribution is -2.11. The van der Waals surface area contributed by atoms with E-state index in [-0.39, 0.29) is 12.4 Å². The highest BCUT2D eigenvalue weighted by molar-refractivity contribution is 9.12. The highest BCUT2D eigenvalue weighted by Gasteiger charge is 2.14. The van der Waals surface area contributed by atoms with Gasteiger partial charge >= 0.3 is 0 Å². The highest BCUT2D eigenvalue weighted by Crippen LogP contribution is 2.32. The predicted molar refractivity (Wildman–Crippen MR) is 85.7 cm³/mol. The fourth-order valence-corrected chi connectivity index (χ4v) is 4.44. The van der Waals surface area contributed by atoms with Gasteiger partial charge in [-0.3, -0.25) is 4.79 Å². The summed E-state index contributed by atoms with van der Waals surface area (Å²) in [6.07, 6.45) is 0. The van der Waals surface area contributed by atoms with Crippen molar-refractivity contribution in [1.82, 2.24) is 0 Å². The van der Waals surface area contributed by atoms with Crippen molar-refractivity contribution in [2.75, 3.05) is 6.61 Å². The van der Waals surface area contributed by atoms with Crippen molar-refractivity contribution in [3.8, 4) is 5.75 Å². The van der Waals surface area contributed by atoms with Gasteiger partial charge in [-0.1, -0.05) is 11.6 Å². The molecule has 2 nitrogen and oxygen atoms in total. The lowest BCUT2D eigenvalue weighted by Gasteiger charge is -2.06. The SMILES string of the molecule is Cc1cc(OCC(=O)c2cc(Br)sc2Br)ccc1Cl. The molecular formula is C13H9Br2ClO2S. The molecule has 0 N–H and O–H groups in total. The number of benzene rings is 1. The van der Waals surface area contributed by atoms with Crippen LogP contribution in [-0.4, -0.2) is 12.4 Å². The Hall–Kier alpha value is -0.360. The molecule has 0 saturated heterocycles. The van der Waals surface area contributed by atoms with Crippen molar-refractivity contribution in [3.05, 3.63) is 48.0 Å². The third kappa shape index (κ3) is 3.81. The second kappa shape index (κ2) is 6.39. The fourth-order valence-electron chi connectivity index (χ4n) is 1.46. The lowest BCUT2D eigenvalue weighted by atomic mass is 10.2. The fraction of sp³-hybridized carbons (Fsp3) is 0.154. The van der Waals surface area contributed by atoms with Crippen LogP contribution in [0.5, 0.6) is 5.75 Å². The molecule has 0 unspecified atom stereocenters. The van der Waals surface area contributed by atoms with E-state index < -0.39 is 0 Å². The number of ketones is 1. The van der Waals surface area contributed by atoms with E-state index in [9.17, 15) is 4.79 Å². The summed E-state index contributed by atoms with van der Waals surface area (Å²) < 4.78 is 7.20. The summed E-state index contributed by atoms with van der Waals surface area (Å²) in [5.74, 6) is 0.571. The minimum absolute atomic E-state index is 0.00282. The number of Topliss-reactive ketones (excluding diaryl/α,β-unsaturated/α-hetero) is 1. The van der Waals surface area contributed by atoms with E-state index in [1.165, 1.54) is 11.3 Å². The third-order valence-corrected chi connectivity index (χ3v) is 5.22. The smallest absolute Gasteiger partial charge is 0.202 e. The number of hydrogen-bond donors (Lipinski definition) is 0. The van der Waals surface area contributed by atoms with Crippen LogP contribution < -0.4 is 4.74 Å². The Kier molecular flexibility index (Phi) is 5.06. The van der Waals surface area contributed by atoms with Gasteiger partial charge in [-0.25, -0.2) is 0 Å². The van der Waals surface area contributed by atoms with E-state index in [1.807, 2.05) is 13.0 Å². The van der Waals surface area contributed by atoms with Crippen LogP contribution in [0, 0.1) is 6.92 Å². The normalized spacial score (nSPS) is 10.5. The zero-order valence-corrected chi connectivity index (χ0v) is 14.6. The maximum atomic E-state index is 12.0. The standard InChI is InChI=1S/C13H9Br2ClO2S/c1-7-4-8(2-3-10(7)16)18-6-11(17)9-5-12(14)19-13(9)15/h2-5H,6H2,1H3. The Morgan fingerprint density at radius 3 is 2.68 bits per heavy atom. The Bertz CT molecular complexity index is 625. The summed E-state index contributed by atoms with van der Waals surface area (Å²) >= 11 is 14.1. The number of carbonyl (C=O) groups excluding carboxylic acids is 1. The van der Waals surface area contributed by atoms with Gasteiger partial charge in [-0.15, -0.1) is 11.3 Å². The van der Waals surface area contributed by atoms with Crippen LogP contribution in [0.4, 0.5) is 0 Å². The van der Waals surface area contributed by atoms with Crippen molar-refractivity contribution in [2.45, 2.75) is 6.92 Å². The summed E-state index contributed by atoms with van der Waals surface area (Å²) in [4.78, 5) is 12.0. The minimum Gasteiger partial charge on any atom is -0.485 e. The van der Waals surface area contributed by atoms with Crippen LogP contribution in [0.2, 0.25) is 5.02 Å². The van der Waals surface area contributed by atoms with E-state index >= 15 is 0 Å². The van der Waals surface area contributed by atoms with Crippen molar-refractivity contribution in [1.29, 1.82) is 0 Å². The molecule has 0 saturated carbocycles. The molecule has 0 spiro atoms. The molecule has 6 heteroatoms. The maximum absolute atomic E-state index is 12.0. The predicted octanol–water partition coefficient (Wildman–Crippen LogP) is 5.50. The molecule has 2 rings (SSSR count). The lowest BCUT2D eigenvalue weighted by molar-refractivity contribution is 0.0921. The Morgan fingerprint density at radius 2 is 2.11 bits per heavy atom. The molecule has 0 aliphatic carbocycles. The average Bonchev–Trinajstić information content (AvgIpc) is 2.70. The number of ether oxygens (including phenoxy) is 1. The van der Waals surface area contributed by atoms with Gasteiger partial charge in [0.05, 0.1) is 7.57 Å². The number of aryl methyl sites for hydroxylation is 1. The maximum Gasteiger partial charge on any atom is 0.202 e. The van der Waals surface area contributed by atoms with Gasteiger partial charge in [-0.05, 0) is 68.6 Å². The number of carbonyl (C=O) groups is 1. The number of thiophene rings is 1. The minimum atomic E-state index is -0.0681. The van der Waals surface area contributed by atoms with Gasteiger partial charge in [0.2, 0.25) is 5.78 Å². The van der Waals surface area contributed by atoms with Crippen molar-refractivity contribution in [2.24, 2.45) is 0 Å². The summed E-state index contributed by atoms with van der Waals surface area (Å²) in [6.45, 7) is 1.90. The molecule has 0 atom stereocenters. The first kappa shape index (κ1) is 15.0. The van der Waals surface area contributed by atoms with Gasteiger partial charge < -0.3 is 4.74 Å². The molecule has 0 amide bonds. The molecule has 1 aromatic carbocycles. The second-order valence-corrected chi connectivity index (χ2v) is 8.02. The molecule has 1 heterocycles. The van der Waals surface area contributed by atoms with E-state index in [0.29, 0.717) is 16.3 Å². The van der Waals surface area contributed by atoms with E-state index in [4.69, 9.17) is 16.3 Å². The van der Waals surface area contributed by atoms with Gasteiger partial charge in [0.25, 0.3) is 0 Å². The molecule has 0 radical (unpaired) electrons. The average molecular weight is 425 g/mol. The first-order valence-corrected chi connectivity index (χ1v) is 8.12. The van der Waals surface area contributed by atoms with Crippen LogP contribution in [0.25, 0.3) is 0 Å². The van der Waals surface area contributed by atoms with Gasteiger partial charge in [0.15, 0.2) is 6.61 Å². The molecule has 0 aliphatic heterocycles. The van der Waals surface area contributed by atoms with Crippen molar-refractivity contribution in [3.63, 3.8) is 0 Å². The van der Waals surface area contributed by atoms with Crippen molar-refractivity contribution >= 4 is 60.6 Å². The summed E-state index contributed by atoms with van der Waals surface area (Å²) in [7, 11) is 0. The van der Waals surface area contributed by atoms with E-state index in [0.717, 1.165) is 13.1 Å².